The first-order valence-electron chi connectivity index (χ1n) is 5.78. The molecule has 0 saturated carbocycles. The summed E-state index contributed by atoms with van der Waals surface area (Å²) < 4.78 is 4.76. The van der Waals surface area contributed by atoms with Crippen molar-refractivity contribution in [1.82, 2.24) is 24.0 Å². The van der Waals surface area contributed by atoms with Gasteiger partial charge in [0.1, 0.15) is 10.7 Å². The summed E-state index contributed by atoms with van der Waals surface area (Å²) in [6.07, 6.45) is 5.05. The zero-order valence-electron chi connectivity index (χ0n) is 10.5. The van der Waals surface area contributed by atoms with E-state index in [0.29, 0.717) is 17.2 Å². The van der Waals surface area contributed by atoms with E-state index in [2.05, 4.69) is 10.2 Å². The second kappa shape index (κ2) is 4.24. The lowest BCUT2D eigenvalue weighted by molar-refractivity contribution is 0.738. The summed E-state index contributed by atoms with van der Waals surface area (Å²) in [5, 5.41) is 8.82. The van der Waals surface area contributed by atoms with Crippen molar-refractivity contribution in [1.29, 1.82) is 0 Å². The zero-order chi connectivity index (χ0) is 13.6. The fraction of sp³-hybridized carbons (Fsp3) is 0.250. The van der Waals surface area contributed by atoms with Crippen LogP contribution in [0.15, 0.2) is 29.5 Å². The molecule has 0 aliphatic carbocycles. The summed E-state index contributed by atoms with van der Waals surface area (Å²) in [4.78, 5) is 12.3. The molecule has 3 heterocycles. The minimum absolute atomic E-state index is 0.0979. The number of nitrogens with zero attached hydrogens (tertiary/aromatic N) is 5. The van der Waals surface area contributed by atoms with Gasteiger partial charge in [-0.2, -0.15) is 10.2 Å². The molecule has 0 radical (unpaired) electrons. The van der Waals surface area contributed by atoms with E-state index in [4.69, 9.17) is 11.6 Å². The van der Waals surface area contributed by atoms with E-state index < -0.39 is 0 Å². The predicted octanol–water partition coefficient (Wildman–Crippen LogP) is 1.24. The summed E-state index contributed by atoms with van der Waals surface area (Å²) in [6.45, 7) is 2.28. The van der Waals surface area contributed by atoms with Gasteiger partial charge in [-0.1, -0.05) is 11.6 Å². The molecule has 0 spiro atoms. The van der Waals surface area contributed by atoms with Gasteiger partial charge in [0.25, 0.3) is 5.56 Å². The number of halogens is 1. The predicted molar refractivity (Wildman–Crippen MR) is 71.5 cm³/mol. The monoisotopic (exact) mass is 277 g/mol. The van der Waals surface area contributed by atoms with E-state index in [-0.39, 0.29) is 5.56 Å². The standard InChI is InChI=1S/C12H12ClN5O/c1-8-9(11(13)16(2)15-8)7-17-5-6-18-10(12(17)19)3-4-14-18/h3-6H,7H2,1-2H3. The quantitative estimate of drug-likeness (QED) is 0.708. The van der Waals surface area contributed by atoms with E-state index >= 15 is 0 Å². The normalized spacial score (nSPS) is 11.3. The maximum Gasteiger partial charge on any atom is 0.276 e. The Kier molecular flexibility index (Phi) is 2.67. The van der Waals surface area contributed by atoms with Gasteiger partial charge in [-0.25, -0.2) is 4.52 Å². The van der Waals surface area contributed by atoms with E-state index in [0.717, 1.165) is 11.3 Å². The van der Waals surface area contributed by atoms with Crippen molar-refractivity contribution in [3.63, 3.8) is 0 Å². The molecule has 3 aromatic rings. The molecule has 0 bridgehead atoms. The van der Waals surface area contributed by atoms with E-state index in [1.807, 2.05) is 6.92 Å². The van der Waals surface area contributed by atoms with Crippen LogP contribution in [0.3, 0.4) is 0 Å². The molecule has 3 rings (SSSR count). The topological polar surface area (TPSA) is 57.1 Å². The summed E-state index contributed by atoms with van der Waals surface area (Å²) in [5.41, 5.74) is 2.13. The van der Waals surface area contributed by atoms with Gasteiger partial charge in [0.05, 0.1) is 18.4 Å². The van der Waals surface area contributed by atoms with Gasteiger partial charge >= 0.3 is 0 Å². The van der Waals surface area contributed by atoms with Crippen molar-refractivity contribution >= 4 is 17.1 Å². The molecule has 0 N–H and O–H groups in total. The largest absolute Gasteiger partial charge is 0.308 e. The fourth-order valence-electron chi connectivity index (χ4n) is 2.11. The van der Waals surface area contributed by atoms with Crippen LogP contribution >= 0.6 is 11.6 Å². The SMILES string of the molecule is Cc1nn(C)c(Cl)c1Cn1ccn2nccc2c1=O. The second-order valence-corrected chi connectivity index (χ2v) is 4.73. The Morgan fingerprint density at radius 3 is 2.84 bits per heavy atom. The van der Waals surface area contributed by atoms with Gasteiger partial charge < -0.3 is 4.57 Å². The molecule has 19 heavy (non-hydrogen) atoms. The molecule has 0 aliphatic rings. The molecule has 6 nitrogen and oxygen atoms in total. The molecular weight excluding hydrogens is 266 g/mol. The van der Waals surface area contributed by atoms with Crippen LogP contribution < -0.4 is 5.56 Å². The average molecular weight is 278 g/mol. The minimum atomic E-state index is -0.0979. The van der Waals surface area contributed by atoms with Gasteiger partial charge in [-0.05, 0) is 13.0 Å². The first kappa shape index (κ1) is 12.0. The average Bonchev–Trinajstić information content (AvgIpc) is 2.93. The molecule has 0 atom stereocenters. The van der Waals surface area contributed by atoms with Crippen LogP contribution in [0.1, 0.15) is 11.3 Å². The fourth-order valence-corrected chi connectivity index (χ4v) is 2.34. The molecule has 0 saturated heterocycles. The van der Waals surface area contributed by atoms with Crippen molar-refractivity contribution in [2.45, 2.75) is 13.5 Å². The highest BCUT2D eigenvalue weighted by molar-refractivity contribution is 6.30. The number of aromatic nitrogens is 5. The Morgan fingerprint density at radius 2 is 2.16 bits per heavy atom. The highest BCUT2D eigenvalue weighted by Crippen LogP contribution is 2.19. The maximum absolute atomic E-state index is 12.3. The molecule has 0 aromatic carbocycles. The molecule has 7 heteroatoms. The highest BCUT2D eigenvalue weighted by atomic mass is 35.5. The second-order valence-electron chi connectivity index (χ2n) is 4.37. The van der Waals surface area contributed by atoms with Gasteiger partial charge in [0, 0.05) is 25.0 Å². The molecule has 98 valence electrons. The van der Waals surface area contributed by atoms with Crippen molar-refractivity contribution in [2.75, 3.05) is 0 Å². The Balaban J connectivity index is 2.10. The van der Waals surface area contributed by atoms with Crippen LogP contribution in [0, 0.1) is 6.92 Å². The summed E-state index contributed by atoms with van der Waals surface area (Å²) in [6, 6.07) is 1.69. The third-order valence-electron chi connectivity index (χ3n) is 3.14. The maximum atomic E-state index is 12.3. The Morgan fingerprint density at radius 1 is 1.37 bits per heavy atom. The Hall–Kier alpha value is -2.08. The van der Waals surface area contributed by atoms with Gasteiger partial charge in [0.15, 0.2) is 0 Å². The first-order chi connectivity index (χ1) is 9.08. The number of hydrogen-bond acceptors (Lipinski definition) is 3. The molecule has 0 amide bonds. The number of aryl methyl sites for hydroxylation is 2. The van der Waals surface area contributed by atoms with Crippen molar-refractivity contribution in [3.8, 4) is 0 Å². The molecular formula is C12H12ClN5O. The lowest BCUT2D eigenvalue weighted by Gasteiger charge is -2.06. The zero-order valence-corrected chi connectivity index (χ0v) is 11.3. The third kappa shape index (κ3) is 1.84. The van der Waals surface area contributed by atoms with Crippen molar-refractivity contribution < 1.29 is 0 Å². The van der Waals surface area contributed by atoms with Crippen LogP contribution in [0.25, 0.3) is 5.52 Å². The van der Waals surface area contributed by atoms with E-state index in [1.54, 1.807) is 45.5 Å². The van der Waals surface area contributed by atoms with Gasteiger partial charge in [-0.3, -0.25) is 9.48 Å². The van der Waals surface area contributed by atoms with E-state index in [9.17, 15) is 4.79 Å². The molecule has 0 unspecified atom stereocenters. The minimum Gasteiger partial charge on any atom is -0.308 e. The Bertz CT molecular complexity index is 813. The highest BCUT2D eigenvalue weighted by Gasteiger charge is 2.13. The molecule has 3 aromatic heterocycles. The van der Waals surface area contributed by atoms with Gasteiger partial charge in [-0.15, -0.1) is 0 Å². The molecule has 0 aliphatic heterocycles. The van der Waals surface area contributed by atoms with Crippen LogP contribution in [0.4, 0.5) is 0 Å². The summed E-state index contributed by atoms with van der Waals surface area (Å²) >= 11 is 6.18. The molecule has 0 fully saturated rings. The van der Waals surface area contributed by atoms with Gasteiger partial charge in [0.2, 0.25) is 0 Å². The third-order valence-corrected chi connectivity index (χ3v) is 3.61. The van der Waals surface area contributed by atoms with Crippen molar-refractivity contribution in [2.24, 2.45) is 7.05 Å². The van der Waals surface area contributed by atoms with Crippen LogP contribution in [-0.2, 0) is 13.6 Å². The number of fused-ring (bicyclic) bond motifs is 1. The first-order valence-corrected chi connectivity index (χ1v) is 6.16. The smallest absolute Gasteiger partial charge is 0.276 e. The lowest BCUT2D eigenvalue weighted by atomic mass is 10.2. The number of rotatable bonds is 2. The van der Waals surface area contributed by atoms with Crippen LogP contribution in [-0.4, -0.2) is 24.0 Å². The summed E-state index contributed by atoms with van der Waals surface area (Å²) in [5.74, 6) is 0. The Labute approximate surface area is 113 Å². The van der Waals surface area contributed by atoms with Crippen LogP contribution in [0.5, 0.6) is 0 Å². The lowest BCUT2D eigenvalue weighted by Crippen LogP contribution is -2.22. The van der Waals surface area contributed by atoms with Crippen LogP contribution in [0.2, 0.25) is 5.15 Å². The van der Waals surface area contributed by atoms with Crippen molar-refractivity contribution in [3.05, 3.63) is 51.4 Å². The number of hydrogen-bond donors (Lipinski definition) is 0. The van der Waals surface area contributed by atoms with E-state index in [1.165, 1.54) is 0 Å². The summed E-state index contributed by atoms with van der Waals surface area (Å²) in [7, 11) is 1.78.